The number of amides is 3. The van der Waals surface area contributed by atoms with E-state index in [9.17, 15) is 24.0 Å². The fourth-order valence-corrected chi connectivity index (χ4v) is 2.90. The molecule has 172 valence electrons. The highest BCUT2D eigenvalue weighted by atomic mass is 32.2. The summed E-state index contributed by atoms with van der Waals surface area (Å²) in [5.74, 6) is -4.29. The lowest BCUT2D eigenvalue weighted by Crippen LogP contribution is -2.57. The molecule has 0 rings (SSSR count). The van der Waals surface area contributed by atoms with Crippen molar-refractivity contribution in [3.63, 3.8) is 0 Å². The van der Waals surface area contributed by atoms with Crippen molar-refractivity contribution in [2.75, 3.05) is 12.0 Å². The number of nitrogens with one attached hydrogen (secondary N) is 3. The number of carboxylic acid groups (broad SMARTS) is 2. The minimum absolute atomic E-state index is 0.0351. The Kier molecular flexibility index (Phi) is 12.7. The van der Waals surface area contributed by atoms with E-state index >= 15 is 0 Å². The third-order valence-electron chi connectivity index (χ3n) is 3.99. The smallest absolute Gasteiger partial charge is 0.326 e. The first-order chi connectivity index (χ1) is 13.9. The van der Waals surface area contributed by atoms with E-state index in [0.717, 1.165) is 0 Å². The van der Waals surface area contributed by atoms with Crippen LogP contribution in [0.25, 0.3) is 0 Å². The Bertz CT molecular complexity index is 628. The summed E-state index contributed by atoms with van der Waals surface area (Å²) in [7, 11) is 0. The number of nitrogens with two attached hydrogens (primary N) is 1. The maximum atomic E-state index is 12.7. The number of thioether (sulfide) groups is 1. The van der Waals surface area contributed by atoms with E-state index in [1.54, 1.807) is 13.8 Å². The molecule has 0 aromatic rings. The molecule has 7 N–H and O–H groups in total. The number of hydrogen-bond donors (Lipinski definition) is 6. The first-order valence-electron chi connectivity index (χ1n) is 9.49. The Morgan fingerprint density at radius 2 is 1.37 bits per heavy atom. The van der Waals surface area contributed by atoms with Crippen LogP contribution >= 0.6 is 11.8 Å². The summed E-state index contributed by atoms with van der Waals surface area (Å²) in [6.45, 7) is 5.09. The van der Waals surface area contributed by atoms with Gasteiger partial charge in [0.2, 0.25) is 17.7 Å². The molecule has 3 amide bonds. The molecule has 30 heavy (non-hydrogen) atoms. The maximum absolute atomic E-state index is 12.7. The second kappa shape index (κ2) is 13.8. The minimum atomic E-state index is -1.63. The van der Waals surface area contributed by atoms with Gasteiger partial charge in [0.1, 0.15) is 18.1 Å². The van der Waals surface area contributed by atoms with Crippen molar-refractivity contribution in [1.82, 2.24) is 16.0 Å². The van der Waals surface area contributed by atoms with Gasteiger partial charge in [0, 0.05) is 0 Å². The van der Waals surface area contributed by atoms with Crippen LogP contribution in [0.4, 0.5) is 0 Å². The SMILES string of the molecule is CSCCC(NC(=O)C(C)N)C(=O)NC(CC(C)C)C(=O)NC(CC(=O)O)C(=O)O. The predicted molar refractivity (Wildman–Crippen MR) is 112 cm³/mol. The molecule has 0 spiro atoms. The monoisotopic (exact) mass is 448 g/mol. The zero-order chi connectivity index (χ0) is 23.4. The van der Waals surface area contributed by atoms with Gasteiger partial charge in [-0.05, 0) is 37.7 Å². The molecular weight excluding hydrogens is 416 g/mol. The van der Waals surface area contributed by atoms with Gasteiger partial charge < -0.3 is 31.9 Å². The molecule has 0 aromatic carbocycles. The summed E-state index contributed by atoms with van der Waals surface area (Å²) < 4.78 is 0. The number of rotatable bonds is 14. The first-order valence-corrected chi connectivity index (χ1v) is 10.9. The molecule has 0 saturated carbocycles. The quantitative estimate of drug-likeness (QED) is 0.197. The number of aliphatic carboxylic acids is 2. The predicted octanol–water partition coefficient (Wildman–Crippen LogP) is -0.853. The highest BCUT2D eigenvalue weighted by molar-refractivity contribution is 7.98. The number of carboxylic acids is 2. The fourth-order valence-electron chi connectivity index (χ4n) is 2.43. The molecule has 0 aromatic heterocycles. The lowest BCUT2D eigenvalue weighted by Gasteiger charge is -2.25. The molecule has 12 heteroatoms. The van der Waals surface area contributed by atoms with Crippen LogP contribution in [-0.2, 0) is 24.0 Å². The van der Waals surface area contributed by atoms with Crippen molar-refractivity contribution in [3.8, 4) is 0 Å². The minimum Gasteiger partial charge on any atom is -0.481 e. The molecule has 4 atom stereocenters. The van der Waals surface area contributed by atoms with E-state index in [2.05, 4.69) is 16.0 Å². The summed E-state index contributed by atoms with van der Waals surface area (Å²) in [4.78, 5) is 59.3. The van der Waals surface area contributed by atoms with Crippen LogP contribution < -0.4 is 21.7 Å². The molecule has 4 unspecified atom stereocenters. The van der Waals surface area contributed by atoms with Crippen molar-refractivity contribution < 1.29 is 34.2 Å². The van der Waals surface area contributed by atoms with Gasteiger partial charge in [0.25, 0.3) is 0 Å². The van der Waals surface area contributed by atoms with Crippen LogP contribution in [0.2, 0.25) is 0 Å². The normalized spacial score (nSPS) is 14.9. The summed E-state index contributed by atoms with van der Waals surface area (Å²) in [6, 6.07) is -4.48. The third-order valence-corrected chi connectivity index (χ3v) is 4.63. The number of hydrogen-bond acceptors (Lipinski definition) is 7. The van der Waals surface area contributed by atoms with E-state index in [1.165, 1.54) is 18.7 Å². The third kappa shape index (κ3) is 11.0. The van der Waals surface area contributed by atoms with Crippen molar-refractivity contribution in [2.24, 2.45) is 11.7 Å². The highest BCUT2D eigenvalue weighted by Gasteiger charge is 2.31. The second-order valence-electron chi connectivity index (χ2n) is 7.32. The zero-order valence-corrected chi connectivity index (χ0v) is 18.5. The second-order valence-corrected chi connectivity index (χ2v) is 8.30. The average Bonchev–Trinajstić information content (AvgIpc) is 2.62. The topological polar surface area (TPSA) is 188 Å². The van der Waals surface area contributed by atoms with Gasteiger partial charge in [-0.3, -0.25) is 19.2 Å². The van der Waals surface area contributed by atoms with Crippen LogP contribution in [0, 0.1) is 5.92 Å². The molecule has 0 fully saturated rings. The average molecular weight is 449 g/mol. The molecule has 0 aliphatic rings. The number of carbonyl (C=O) groups is 5. The van der Waals surface area contributed by atoms with Crippen molar-refractivity contribution in [3.05, 3.63) is 0 Å². The fraction of sp³-hybridized carbons (Fsp3) is 0.722. The Balaban J connectivity index is 5.40. The number of carbonyl (C=O) groups excluding carboxylic acids is 3. The molecule has 11 nitrogen and oxygen atoms in total. The van der Waals surface area contributed by atoms with E-state index in [0.29, 0.717) is 12.2 Å². The molecule has 0 heterocycles. The van der Waals surface area contributed by atoms with Gasteiger partial charge in [-0.1, -0.05) is 13.8 Å². The van der Waals surface area contributed by atoms with Gasteiger partial charge in [-0.25, -0.2) is 4.79 Å². The lowest BCUT2D eigenvalue weighted by atomic mass is 10.0. The molecule has 0 saturated heterocycles. The van der Waals surface area contributed by atoms with E-state index < -0.39 is 60.2 Å². The van der Waals surface area contributed by atoms with Crippen LogP contribution in [-0.4, -0.2) is 76.0 Å². The molecular formula is C18H32N4O7S. The van der Waals surface area contributed by atoms with Gasteiger partial charge in [-0.2, -0.15) is 11.8 Å². The van der Waals surface area contributed by atoms with E-state index in [4.69, 9.17) is 15.9 Å². The van der Waals surface area contributed by atoms with Crippen molar-refractivity contribution in [1.29, 1.82) is 0 Å². The van der Waals surface area contributed by atoms with Gasteiger partial charge in [0.15, 0.2) is 0 Å². The molecule has 0 bridgehead atoms. The standard InChI is InChI=1S/C18H32N4O7S/c1-9(2)7-12(17(27)22-13(18(28)29)8-14(23)24)21-16(26)11(5-6-30-4)20-15(25)10(3)19/h9-13H,5-8,19H2,1-4H3,(H,20,25)(H,21,26)(H,22,27)(H,23,24)(H,28,29). The van der Waals surface area contributed by atoms with Gasteiger partial charge >= 0.3 is 11.9 Å². The summed E-state index contributed by atoms with van der Waals surface area (Å²) in [5.41, 5.74) is 5.53. The van der Waals surface area contributed by atoms with Gasteiger partial charge in [0.05, 0.1) is 12.5 Å². The van der Waals surface area contributed by atoms with Crippen LogP contribution in [0.3, 0.4) is 0 Å². The van der Waals surface area contributed by atoms with E-state index in [1.807, 2.05) is 6.26 Å². The van der Waals surface area contributed by atoms with E-state index in [-0.39, 0.29) is 12.3 Å². The molecule has 0 radical (unpaired) electrons. The molecule has 0 aliphatic carbocycles. The zero-order valence-electron chi connectivity index (χ0n) is 17.6. The summed E-state index contributed by atoms with van der Waals surface area (Å²) in [6.07, 6.45) is 1.53. The highest BCUT2D eigenvalue weighted by Crippen LogP contribution is 2.08. The Labute approximate surface area is 179 Å². The summed E-state index contributed by atoms with van der Waals surface area (Å²) >= 11 is 1.47. The Hall–Kier alpha value is -2.34. The Morgan fingerprint density at radius 1 is 0.867 bits per heavy atom. The van der Waals surface area contributed by atoms with Crippen LogP contribution in [0.5, 0.6) is 0 Å². The van der Waals surface area contributed by atoms with Crippen molar-refractivity contribution in [2.45, 2.75) is 64.2 Å². The molecule has 0 aliphatic heterocycles. The lowest BCUT2D eigenvalue weighted by molar-refractivity contribution is -0.147. The largest absolute Gasteiger partial charge is 0.481 e. The Morgan fingerprint density at radius 3 is 1.80 bits per heavy atom. The van der Waals surface area contributed by atoms with Crippen LogP contribution in [0.1, 0.15) is 40.0 Å². The van der Waals surface area contributed by atoms with Crippen molar-refractivity contribution >= 4 is 41.4 Å². The van der Waals surface area contributed by atoms with Gasteiger partial charge in [-0.15, -0.1) is 0 Å². The summed E-state index contributed by atoms with van der Waals surface area (Å²) in [5, 5.41) is 25.2. The van der Waals surface area contributed by atoms with Crippen LogP contribution in [0.15, 0.2) is 0 Å². The first kappa shape index (κ1) is 27.7. The maximum Gasteiger partial charge on any atom is 0.326 e.